The Hall–Kier alpha value is -2.89. The number of urea groups is 1. The number of nitrogens with zero attached hydrogens (tertiary/aromatic N) is 1. The van der Waals surface area contributed by atoms with Crippen LogP contribution >= 0.6 is 0 Å². The standard InChI is InChI=1S/C25H32FN3O2/c1-17(2)28-25(31)29-15-21(20-9-10-23(26)18(3)13-20)14-22(16-29)24(30)27-12-11-19-7-5-4-6-8-19/h4-10,13,17,21-22H,11-12,14-16H2,1-3H3,(H,27,30)(H,28,31)/t21-,22+/m1/s1. The molecule has 2 aromatic carbocycles. The molecule has 3 rings (SSSR count). The molecule has 0 bridgehead atoms. The Morgan fingerprint density at radius 2 is 1.87 bits per heavy atom. The third kappa shape index (κ3) is 6.29. The number of nitrogens with one attached hydrogen (secondary N) is 2. The van der Waals surface area contributed by atoms with Gasteiger partial charge in [0, 0.05) is 31.6 Å². The quantitative estimate of drug-likeness (QED) is 0.734. The summed E-state index contributed by atoms with van der Waals surface area (Å²) in [6.45, 7) is 7.01. The molecule has 31 heavy (non-hydrogen) atoms. The molecule has 2 aromatic rings. The first-order valence-corrected chi connectivity index (χ1v) is 11.0. The fraction of sp³-hybridized carbons (Fsp3) is 0.440. The number of rotatable bonds is 6. The topological polar surface area (TPSA) is 61.4 Å². The zero-order chi connectivity index (χ0) is 22.4. The molecular formula is C25H32FN3O2. The van der Waals surface area contributed by atoms with Crippen molar-refractivity contribution in [3.05, 3.63) is 71.0 Å². The highest BCUT2D eigenvalue weighted by Crippen LogP contribution is 2.31. The van der Waals surface area contributed by atoms with Crippen LogP contribution in [0.3, 0.4) is 0 Å². The summed E-state index contributed by atoms with van der Waals surface area (Å²) in [6.07, 6.45) is 1.39. The van der Waals surface area contributed by atoms with Crippen LogP contribution in [0.5, 0.6) is 0 Å². The Bertz CT molecular complexity index is 901. The molecule has 166 valence electrons. The van der Waals surface area contributed by atoms with Gasteiger partial charge >= 0.3 is 6.03 Å². The summed E-state index contributed by atoms with van der Waals surface area (Å²) in [5, 5.41) is 5.96. The van der Waals surface area contributed by atoms with Gasteiger partial charge < -0.3 is 15.5 Å². The first-order valence-electron chi connectivity index (χ1n) is 11.0. The van der Waals surface area contributed by atoms with Crippen molar-refractivity contribution < 1.29 is 14.0 Å². The van der Waals surface area contributed by atoms with Gasteiger partial charge in [-0.25, -0.2) is 9.18 Å². The molecule has 3 amide bonds. The molecule has 1 aliphatic rings. The summed E-state index contributed by atoms with van der Waals surface area (Å²) >= 11 is 0. The van der Waals surface area contributed by atoms with E-state index in [1.165, 1.54) is 11.6 Å². The van der Waals surface area contributed by atoms with Crippen molar-refractivity contribution in [2.75, 3.05) is 19.6 Å². The molecule has 6 heteroatoms. The Morgan fingerprint density at radius 1 is 1.13 bits per heavy atom. The minimum atomic E-state index is -0.308. The van der Waals surface area contributed by atoms with Gasteiger partial charge in [0.15, 0.2) is 0 Å². The summed E-state index contributed by atoms with van der Waals surface area (Å²) in [4.78, 5) is 27.4. The van der Waals surface area contributed by atoms with Crippen LogP contribution in [0.25, 0.3) is 0 Å². The van der Waals surface area contributed by atoms with Crippen LogP contribution in [-0.2, 0) is 11.2 Å². The van der Waals surface area contributed by atoms with Gasteiger partial charge in [-0.2, -0.15) is 0 Å². The maximum absolute atomic E-state index is 13.8. The summed E-state index contributed by atoms with van der Waals surface area (Å²) in [6, 6.07) is 14.9. The van der Waals surface area contributed by atoms with Crippen molar-refractivity contribution >= 4 is 11.9 Å². The van der Waals surface area contributed by atoms with E-state index in [0.717, 1.165) is 12.0 Å². The van der Waals surface area contributed by atoms with Crippen molar-refractivity contribution in [3.8, 4) is 0 Å². The molecule has 0 aliphatic carbocycles. The van der Waals surface area contributed by atoms with Gasteiger partial charge in [-0.15, -0.1) is 0 Å². The van der Waals surface area contributed by atoms with Gasteiger partial charge in [0.25, 0.3) is 0 Å². The van der Waals surface area contributed by atoms with Crippen LogP contribution in [-0.4, -0.2) is 42.5 Å². The fourth-order valence-electron chi connectivity index (χ4n) is 4.08. The number of carbonyl (C=O) groups is 2. The van der Waals surface area contributed by atoms with E-state index in [1.807, 2.05) is 50.2 Å². The van der Waals surface area contributed by atoms with Crippen molar-refractivity contribution in [1.82, 2.24) is 15.5 Å². The van der Waals surface area contributed by atoms with E-state index in [9.17, 15) is 14.0 Å². The number of hydrogen-bond acceptors (Lipinski definition) is 2. The number of hydrogen-bond donors (Lipinski definition) is 2. The smallest absolute Gasteiger partial charge is 0.317 e. The van der Waals surface area contributed by atoms with Crippen molar-refractivity contribution in [2.45, 2.75) is 45.6 Å². The van der Waals surface area contributed by atoms with Crippen LogP contribution in [0.15, 0.2) is 48.5 Å². The van der Waals surface area contributed by atoms with Crippen LogP contribution < -0.4 is 10.6 Å². The van der Waals surface area contributed by atoms with E-state index >= 15 is 0 Å². The molecule has 0 aromatic heterocycles. The van der Waals surface area contributed by atoms with E-state index in [1.54, 1.807) is 17.9 Å². The second-order valence-electron chi connectivity index (χ2n) is 8.67. The molecule has 2 N–H and O–H groups in total. The van der Waals surface area contributed by atoms with Crippen LogP contribution in [0.4, 0.5) is 9.18 Å². The molecule has 0 radical (unpaired) electrons. The zero-order valence-electron chi connectivity index (χ0n) is 18.5. The maximum atomic E-state index is 13.8. The number of aryl methyl sites for hydroxylation is 1. The lowest BCUT2D eigenvalue weighted by molar-refractivity contribution is -0.126. The van der Waals surface area contributed by atoms with E-state index < -0.39 is 0 Å². The first-order chi connectivity index (χ1) is 14.8. The zero-order valence-corrected chi connectivity index (χ0v) is 18.5. The monoisotopic (exact) mass is 425 g/mol. The summed E-state index contributed by atoms with van der Waals surface area (Å²) in [7, 11) is 0. The minimum Gasteiger partial charge on any atom is -0.355 e. The number of piperidine rings is 1. The van der Waals surface area contributed by atoms with Gasteiger partial charge in [-0.1, -0.05) is 42.5 Å². The van der Waals surface area contributed by atoms with E-state index in [4.69, 9.17) is 0 Å². The molecule has 1 aliphatic heterocycles. The normalized spacial score (nSPS) is 18.7. The largest absolute Gasteiger partial charge is 0.355 e. The van der Waals surface area contributed by atoms with E-state index in [-0.39, 0.29) is 35.6 Å². The Kier molecular flexibility index (Phi) is 7.66. The number of likely N-dealkylation sites (tertiary alicyclic amines) is 1. The maximum Gasteiger partial charge on any atom is 0.317 e. The highest BCUT2D eigenvalue weighted by atomic mass is 19.1. The molecule has 5 nitrogen and oxygen atoms in total. The average Bonchev–Trinajstić information content (AvgIpc) is 2.75. The number of amides is 3. The van der Waals surface area contributed by atoms with E-state index in [2.05, 4.69) is 10.6 Å². The highest BCUT2D eigenvalue weighted by molar-refractivity contribution is 5.81. The molecule has 1 heterocycles. The SMILES string of the molecule is Cc1cc([C@@H]2C[C@H](C(=O)NCCc3ccccc3)CN(C(=O)NC(C)C)C2)ccc1F. The van der Waals surface area contributed by atoms with Crippen molar-refractivity contribution in [2.24, 2.45) is 5.92 Å². The predicted octanol–water partition coefficient (Wildman–Crippen LogP) is 4.02. The molecule has 1 saturated heterocycles. The summed E-state index contributed by atoms with van der Waals surface area (Å²) < 4.78 is 13.8. The van der Waals surface area contributed by atoms with Crippen molar-refractivity contribution in [1.29, 1.82) is 0 Å². The molecule has 0 saturated carbocycles. The number of carbonyl (C=O) groups excluding carboxylic acids is 2. The van der Waals surface area contributed by atoms with Crippen LogP contribution in [0.2, 0.25) is 0 Å². The van der Waals surface area contributed by atoms with E-state index in [0.29, 0.717) is 31.6 Å². The first kappa shape index (κ1) is 22.8. The second kappa shape index (κ2) is 10.4. The van der Waals surface area contributed by atoms with Crippen LogP contribution in [0.1, 0.15) is 42.9 Å². The third-order valence-electron chi connectivity index (χ3n) is 5.73. The highest BCUT2D eigenvalue weighted by Gasteiger charge is 2.34. The molecule has 1 fully saturated rings. The molecule has 2 atom stereocenters. The fourth-order valence-corrected chi connectivity index (χ4v) is 4.08. The van der Waals surface area contributed by atoms with Crippen molar-refractivity contribution in [3.63, 3.8) is 0 Å². The Balaban J connectivity index is 1.70. The Morgan fingerprint density at radius 3 is 2.55 bits per heavy atom. The predicted molar refractivity (Wildman–Crippen MR) is 120 cm³/mol. The number of halogens is 1. The van der Waals surface area contributed by atoms with Gasteiger partial charge in [0.2, 0.25) is 5.91 Å². The van der Waals surface area contributed by atoms with Gasteiger partial charge in [0.05, 0.1) is 5.92 Å². The lowest BCUT2D eigenvalue weighted by Gasteiger charge is -2.38. The molecule has 0 unspecified atom stereocenters. The third-order valence-corrected chi connectivity index (χ3v) is 5.73. The minimum absolute atomic E-state index is 0.0130. The van der Waals surface area contributed by atoms with Gasteiger partial charge in [0.1, 0.15) is 5.82 Å². The molecule has 0 spiro atoms. The lowest BCUT2D eigenvalue weighted by atomic mass is 9.83. The summed E-state index contributed by atoms with van der Waals surface area (Å²) in [5.41, 5.74) is 2.71. The summed E-state index contributed by atoms with van der Waals surface area (Å²) in [5.74, 6) is -0.611. The Labute approximate surface area is 184 Å². The van der Waals surface area contributed by atoms with Gasteiger partial charge in [-0.05, 0) is 56.4 Å². The van der Waals surface area contributed by atoms with Crippen LogP contribution in [0, 0.1) is 18.7 Å². The second-order valence-corrected chi connectivity index (χ2v) is 8.67. The molecular weight excluding hydrogens is 393 g/mol. The average molecular weight is 426 g/mol. The number of benzene rings is 2. The lowest BCUT2D eigenvalue weighted by Crippen LogP contribution is -2.52. The van der Waals surface area contributed by atoms with Gasteiger partial charge in [-0.3, -0.25) is 4.79 Å².